The number of ether oxygens (including phenoxy) is 1. The van der Waals surface area contributed by atoms with Crippen LogP contribution in [0.3, 0.4) is 0 Å². The number of amides is 1. The van der Waals surface area contributed by atoms with E-state index in [4.69, 9.17) is 22.1 Å². The van der Waals surface area contributed by atoms with Crippen molar-refractivity contribution in [3.8, 4) is 5.75 Å². The molecule has 2 unspecified atom stereocenters. The Hall–Kier alpha value is -0.970. The Morgan fingerprint density at radius 2 is 1.95 bits per heavy atom. The Balaban J connectivity index is 0.00000400. The molecule has 120 valence electrons. The molecule has 0 saturated heterocycles. The van der Waals surface area contributed by atoms with Crippen molar-refractivity contribution in [1.29, 1.82) is 0 Å². The molecule has 1 amide bonds. The molecule has 0 aliphatic carbocycles. The van der Waals surface area contributed by atoms with Gasteiger partial charge in [0.2, 0.25) is 0 Å². The highest BCUT2D eigenvalue weighted by molar-refractivity contribution is 6.32. The number of benzene rings is 1. The highest BCUT2D eigenvalue weighted by Crippen LogP contribution is 2.24. The molecular formula is C15H24Cl2N2O2. The van der Waals surface area contributed by atoms with Crippen molar-refractivity contribution >= 4 is 29.9 Å². The molecular weight excluding hydrogens is 311 g/mol. The first-order valence-electron chi connectivity index (χ1n) is 6.85. The fourth-order valence-corrected chi connectivity index (χ4v) is 2.07. The summed E-state index contributed by atoms with van der Waals surface area (Å²) in [5.41, 5.74) is 5.67. The maximum Gasteiger partial charge on any atom is 0.261 e. The third kappa shape index (κ3) is 7.02. The molecule has 4 nitrogen and oxygen atoms in total. The topological polar surface area (TPSA) is 64.3 Å². The second-order valence-corrected chi connectivity index (χ2v) is 5.67. The van der Waals surface area contributed by atoms with E-state index in [1.807, 2.05) is 12.1 Å². The van der Waals surface area contributed by atoms with E-state index in [2.05, 4.69) is 19.2 Å². The van der Waals surface area contributed by atoms with E-state index in [0.29, 0.717) is 23.2 Å². The van der Waals surface area contributed by atoms with Crippen LogP contribution in [0.15, 0.2) is 24.3 Å². The van der Waals surface area contributed by atoms with Crippen molar-refractivity contribution in [2.45, 2.75) is 39.3 Å². The molecule has 0 radical (unpaired) electrons. The van der Waals surface area contributed by atoms with Crippen LogP contribution >= 0.6 is 24.0 Å². The van der Waals surface area contributed by atoms with E-state index in [1.165, 1.54) is 0 Å². The van der Waals surface area contributed by atoms with Crippen LogP contribution in [0.2, 0.25) is 5.02 Å². The van der Waals surface area contributed by atoms with Crippen LogP contribution < -0.4 is 15.8 Å². The van der Waals surface area contributed by atoms with E-state index in [9.17, 15) is 4.79 Å². The molecule has 21 heavy (non-hydrogen) atoms. The molecule has 0 aliphatic rings. The molecule has 0 bridgehead atoms. The summed E-state index contributed by atoms with van der Waals surface area (Å²) in [4.78, 5) is 12.1. The van der Waals surface area contributed by atoms with E-state index >= 15 is 0 Å². The van der Waals surface area contributed by atoms with E-state index in [-0.39, 0.29) is 24.4 Å². The van der Waals surface area contributed by atoms with Gasteiger partial charge in [-0.25, -0.2) is 0 Å². The summed E-state index contributed by atoms with van der Waals surface area (Å²) in [7, 11) is 0. The highest BCUT2D eigenvalue weighted by atomic mass is 35.5. The Bertz CT molecular complexity index is 441. The minimum Gasteiger partial charge on any atom is -0.479 e. The molecule has 6 heteroatoms. The van der Waals surface area contributed by atoms with Crippen LogP contribution in [0, 0.1) is 5.92 Å². The minimum atomic E-state index is -0.615. The number of hydrogen-bond acceptors (Lipinski definition) is 3. The molecule has 0 saturated carbocycles. The summed E-state index contributed by atoms with van der Waals surface area (Å²) in [6, 6.07) is 7.06. The van der Waals surface area contributed by atoms with Crippen molar-refractivity contribution in [3.63, 3.8) is 0 Å². The second-order valence-electron chi connectivity index (χ2n) is 5.26. The lowest BCUT2D eigenvalue weighted by Gasteiger charge is -2.22. The van der Waals surface area contributed by atoms with Crippen molar-refractivity contribution < 1.29 is 9.53 Å². The zero-order chi connectivity index (χ0) is 15.1. The van der Waals surface area contributed by atoms with E-state index < -0.39 is 6.10 Å². The smallest absolute Gasteiger partial charge is 0.261 e. The molecule has 2 atom stereocenters. The predicted octanol–water partition coefficient (Wildman–Crippen LogP) is 3.02. The number of nitrogens with one attached hydrogen (secondary N) is 1. The number of para-hydroxylation sites is 1. The Morgan fingerprint density at radius 1 is 1.33 bits per heavy atom. The molecule has 0 aromatic heterocycles. The molecule has 1 rings (SSSR count). The van der Waals surface area contributed by atoms with Crippen molar-refractivity contribution in [2.24, 2.45) is 11.7 Å². The summed E-state index contributed by atoms with van der Waals surface area (Å²) in [6.07, 6.45) is 0.234. The van der Waals surface area contributed by atoms with Gasteiger partial charge in [0.25, 0.3) is 5.91 Å². The van der Waals surface area contributed by atoms with Gasteiger partial charge in [-0.15, -0.1) is 12.4 Å². The maximum atomic E-state index is 12.1. The first-order valence-corrected chi connectivity index (χ1v) is 7.23. The number of rotatable bonds is 7. The minimum absolute atomic E-state index is 0. The van der Waals surface area contributed by atoms with Gasteiger partial charge in [0.15, 0.2) is 6.10 Å². The SMILES string of the molecule is CC(C)CC(CN)NC(=O)C(C)Oc1ccccc1Cl.Cl. The monoisotopic (exact) mass is 334 g/mol. The average Bonchev–Trinajstić information content (AvgIpc) is 2.39. The summed E-state index contributed by atoms with van der Waals surface area (Å²) >= 11 is 6.00. The maximum absolute atomic E-state index is 12.1. The number of hydrogen-bond donors (Lipinski definition) is 2. The zero-order valence-electron chi connectivity index (χ0n) is 12.6. The predicted molar refractivity (Wildman–Crippen MR) is 89.2 cm³/mol. The molecule has 0 heterocycles. The van der Waals surface area contributed by atoms with Crippen LogP contribution in [0.4, 0.5) is 0 Å². The fraction of sp³-hybridized carbons (Fsp3) is 0.533. The van der Waals surface area contributed by atoms with Crippen LogP contribution in [0.5, 0.6) is 5.75 Å². The summed E-state index contributed by atoms with van der Waals surface area (Å²) in [5, 5.41) is 3.40. The third-order valence-corrected chi connectivity index (χ3v) is 3.21. The molecule has 3 N–H and O–H groups in total. The average molecular weight is 335 g/mol. The van der Waals surface area contributed by atoms with Crippen molar-refractivity contribution in [3.05, 3.63) is 29.3 Å². The number of carbonyl (C=O) groups excluding carboxylic acids is 1. The van der Waals surface area contributed by atoms with Crippen LogP contribution in [-0.4, -0.2) is 24.6 Å². The van der Waals surface area contributed by atoms with Gasteiger partial charge in [-0.2, -0.15) is 0 Å². The van der Waals surface area contributed by atoms with Crippen molar-refractivity contribution in [2.75, 3.05) is 6.54 Å². The fourth-order valence-electron chi connectivity index (χ4n) is 1.89. The lowest BCUT2D eigenvalue weighted by Crippen LogP contribution is -2.46. The standard InChI is InChI=1S/C15H23ClN2O2.ClH/c1-10(2)8-12(9-17)18-15(19)11(3)20-14-7-5-4-6-13(14)16;/h4-7,10-12H,8-9,17H2,1-3H3,(H,18,19);1H. The van der Waals surface area contributed by atoms with Gasteiger partial charge in [-0.3, -0.25) is 4.79 Å². The van der Waals surface area contributed by atoms with Crippen LogP contribution in [-0.2, 0) is 4.79 Å². The highest BCUT2D eigenvalue weighted by Gasteiger charge is 2.19. The lowest BCUT2D eigenvalue weighted by atomic mass is 10.0. The van der Waals surface area contributed by atoms with Crippen molar-refractivity contribution in [1.82, 2.24) is 5.32 Å². The third-order valence-electron chi connectivity index (χ3n) is 2.90. The van der Waals surface area contributed by atoms with Gasteiger partial charge < -0.3 is 15.8 Å². The van der Waals surface area contributed by atoms with Gasteiger partial charge in [-0.1, -0.05) is 37.6 Å². The van der Waals surface area contributed by atoms with Crippen LogP contribution in [0.1, 0.15) is 27.2 Å². The van der Waals surface area contributed by atoms with Gasteiger partial charge in [0.05, 0.1) is 5.02 Å². The molecule has 0 fully saturated rings. The number of nitrogens with two attached hydrogens (primary N) is 1. The molecule has 0 spiro atoms. The first-order chi connectivity index (χ1) is 9.43. The van der Waals surface area contributed by atoms with Gasteiger partial charge in [0, 0.05) is 12.6 Å². The first kappa shape index (κ1) is 20.0. The number of halogens is 2. The molecule has 1 aromatic carbocycles. The van der Waals surface area contributed by atoms with Crippen LogP contribution in [0.25, 0.3) is 0 Å². The van der Waals surface area contributed by atoms with Gasteiger partial charge in [-0.05, 0) is 31.4 Å². The van der Waals surface area contributed by atoms with E-state index in [0.717, 1.165) is 6.42 Å². The van der Waals surface area contributed by atoms with E-state index in [1.54, 1.807) is 19.1 Å². The Morgan fingerprint density at radius 3 is 2.48 bits per heavy atom. The lowest BCUT2D eigenvalue weighted by molar-refractivity contribution is -0.128. The van der Waals surface area contributed by atoms with Gasteiger partial charge in [0.1, 0.15) is 5.75 Å². The summed E-state index contributed by atoms with van der Waals surface area (Å²) < 4.78 is 5.57. The Kier molecular flexibility index (Phi) is 9.42. The Labute approximate surface area is 137 Å². The number of carbonyl (C=O) groups is 1. The normalized spacial score (nSPS) is 13.2. The quantitative estimate of drug-likeness (QED) is 0.805. The molecule has 1 aromatic rings. The second kappa shape index (κ2) is 9.87. The zero-order valence-corrected chi connectivity index (χ0v) is 14.2. The summed E-state index contributed by atoms with van der Waals surface area (Å²) in [6.45, 7) is 6.31. The summed E-state index contributed by atoms with van der Waals surface area (Å²) in [5.74, 6) is 0.801. The largest absolute Gasteiger partial charge is 0.479 e. The van der Waals surface area contributed by atoms with Gasteiger partial charge >= 0.3 is 0 Å². The molecule has 0 aliphatic heterocycles.